The van der Waals surface area contributed by atoms with Crippen molar-refractivity contribution in [2.75, 3.05) is 25.0 Å². The monoisotopic (exact) mass is 589 g/mol. The van der Waals surface area contributed by atoms with Gasteiger partial charge in [-0.2, -0.15) is 0 Å². The number of ether oxygens (including phenoxy) is 2. The lowest BCUT2D eigenvalue weighted by molar-refractivity contribution is 0.00685. The molecule has 5 rings (SSSR count). The molecule has 2 N–H and O–H groups in total. The highest BCUT2D eigenvalue weighted by atomic mass is 35.5. The average Bonchev–Trinajstić information content (AvgIpc) is 3.34. The lowest BCUT2D eigenvalue weighted by Crippen LogP contribution is -2.49. The van der Waals surface area contributed by atoms with Gasteiger partial charge in [0.05, 0.1) is 11.3 Å². The molecule has 2 aliphatic heterocycles. The second-order valence-electron chi connectivity index (χ2n) is 11.5. The zero-order chi connectivity index (χ0) is 30.1. The minimum absolute atomic E-state index is 0.193. The van der Waals surface area contributed by atoms with Crippen LogP contribution >= 0.6 is 11.6 Å². The number of nitrogens with one attached hydrogen (secondary N) is 2. The minimum atomic E-state index is -0.926. The zero-order valence-electron chi connectivity index (χ0n) is 23.6. The highest BCUT2D eigenvalue weighted by molar-refractivity contribution is 6.30. The summed E-state index contributed by atoms with van der Waals surface area (Å²) in [5, 5.41) is 6.13. The Hall–Kier alpha value is -4.21. The maximum atomic E-state index is 13.6. The third kappa shape index (κ3) is 6.48. The van der Waals surface area contributed by atoms with Crippen LogP contribution in [0.1, 0.15) is 63.8 Å². The number of likely N-dealkylation sites (tertiary alicyclic amines) is 1. The Morgan fingerprint density at radius 3 is 2.40 bits per heavy atom. The van der Waals surface area contributed by atoms with Gasteiger partial charge < -0.3 is 14.8 Å². The number of fused-ring (bicyclic) bond motifs is 2. The molecule has 1 spiro atoms. The molecule has 1 unspecified atom stereocenters. The van der Waals surface area contributed by atoms with Gasteiger partial charge >= 0.3 is 12.1 Å². The van der Waals surface area contributed by atoms with Crippen molar-refractivity contribution in [3.8, 4) is 0 Å². The molecule has 2 amide bonds. The zero-order valence-corrected chi connectivity index (χ0v) is 24.4. The second kappa shape index (κ2) is 11.6. The number of esters is 1. The summed E-state index contributed by atoms with van der Waals surface area (Å²) in [6.07, 6.45) is -0.0493. The van der Waals surface area contributed by atoms with Crippen molar-refractivity contribution in [2.45, 2.75) is 44.4 Å². The number of halogens is 1. The Labute approximate surface area is 249 Å². The summed E-state index contributed by atoms with van der Waals surface area (Å²) in [6.45, 7) is 6.38. The minimum Gasteiger partial charge on any atom is -0.456 e. The number of nitrogens with zero attached hydrogens (tertiary/aromatic N) is 1. The molecule has 1 fully saturated rings. The van der Waals surface area contributed by atoms with E-state index < -0.39 is 35.2 Å². The van der Waals surface area contributed by atoms with Crippen LogP contribution in [0.4, 0.5) is 10.5 Å². The molecule has 3 aromatic rings. The highest BCUT2D eigenvalue weighted by Crippen LogP contribution is 2.43. The smallest absolute Gasteiger partial charge is 0.412 e. The normalized spacial score (nSPS) is 18.9. The van der Waals surface area contributed by atoms with Gasteiger partial charge in [-0.25, -0.2) is 9.59 Å². The molecule has 218 valence electrons. The van der Waals surface area contributed by atoms with Crippen molar-refractivity contribution >= 4 is 41.0 Å². The van der Waals surface area contributed by atoms with Crippen LogP contribution in [0.15, 0.2) is 72.8 Å². The standard InChI is InChI=1S/C32H32ClN3O6/c1-31(2,3)41-29(39)22-11-9-21(10-12-22)28(38)34-26(27(37)20-7-5-4-6-8-20)18-36-16-15-32(19-36)24-17-23(33)13-14-25(24)35-30(40)42-32/h4-14,17,26H,15-16,18-19H2,1-3H3,(H,34,38)(H,35,40)/t26-,32?/m0/s1. The number of carbonyl (C=O) groups is 4. The summed E-state index contributed by atoms with van der Waals surface area (Å²) in [4.78, 5) is 53.7. The summed E-state index contributed by atoms with van der Waals surface area (Å²) < 4.78 is 11.2. The molecule has 9 nitrogen and oxygen atoms in total. The van der Waals surface area contributed by atoms with Crippen molar-refractivity contribution in [1.29, 1.82) is 0 Å². The first-order chi connectivity index (χ1) is 19.9. The summed E-state index contributed by atoms with van der Waals surface area (Å²) in [6, 6.07) is 19.2. The number of hydrogen-bond acceptors (Lipinski definition) is 7. The molecule has 0 aromatic heterocycles. The van der Waals surface area contributed by atoms with Crippen molar-refractivity contribution in [3.05, 3.63) is 100 Å². The molecule has 2 atom stereocenters. The quantitative estimate of drug-likeness (QED) is 0.279. The molecule has 0 saturated carbocycles. The molecule has 0 aliphatic carbocycles. The van der Waals surface area contributed by atoms with Crippen LogP contribution in [0.5, 0.6) is 0 Å². The SMILES string of the molecule is CC(C)(C)OC(=O)c1ccc(C(=O)N[C@@H](CN2CCC3(C2)OC(=O)Nc2ccc(Cl)cc23)C(=O)c2ccccc2)cc1. The first kappa shape index (κ1) is 29.3. The number of hydrogen-bond donors (Lipinski definition) is 2. The number of ketones is 1. The summed E-state index contributed by atoms with van der Waals surface area (Å²) >= 11 is 6.28. The Morgan fingerprint density at radius 2 is 1.71 bits per heavy atom. The largest absolute Gasteiger partial charge is 0.456 e. The average molecular weight is 590 g/mol. The molecule has 2 aliphatic rings. The van der Waals surface area contributed by atoms with E-state index in [4.69, 9.17) is 21.1 Å². The van der Waals surface area contributed by atoms with E-state index in [1.807, 2.05) is 11.0 Å². The van der Waals surface area contributed by atoms with Crippen LogP contribution < -0.4 is 10.6 Å². The second-order valence-corrected chi connectivity index (χ2v) is 12.0. The lowest BCUT2D eigenvalue weighted by Gasteiger charge is -2.36. The van der Waals surface area contributed by atoms with Crippen molar-refractivity contribution in [1.82, 2.24) is 10.2 Å². The number of Topliss-reactive ketones (excluding diaryl/α,β-unsaturated/α-hetero) is 1. The van der Waals surface area contributed by atoms with Gasteiger partial charge in [-0.15, -0.1) is 0 Å². The molecule has 0 bridgehead atoms. The van der Waals surface area contributed by atoms with E-state index in [9.17, 15) is 19.2 Å². The predicted octanol–water partition coefficient (Wildman–Crippen LogP) is 5.44. The third-order valence-electron chi connectivity index (χ3n) is 7.21. The first-order valence-corrected chi connectivity index (χ1v) is 14.1. The van der Waals surface area contributed by atoms with Crippen LogP contribution in [-0.2, 0) is 15.1 Å². The number of amides is 2. The fourth-order valence-corrected chi connectivity index (χ4v) is 5.45. The number of anilines is 1. The van der Waals surface area contributed by atoms with E-state index in [1.54, 1.807) is 63.2 Å². The topological polar surface area (TPSA) is 114 Å². The van der Waals surface area contributed by atoms with E-state index in [0.717, 1.165) is 5.56 Å². The van der Waals surface area contributed by atoms with Gasteiger partial charge in [0.1, 0.15) is 11.6 Å². The van der Waals surface area contributed by atoms with Gasteiger partial charge in [0.2, 0.25) is 0 Å². The van der Waals surface area contributed by atoms with Crippen LogP contribution in [0.3, 0.4) is 0 Å². The molecular weight excluding hydrogens is 558 g/mol. The fraction of sp³-hybridized carbons (Fsp3) is 0.312. The summed E-state index contributed by atoms with van der Waals surface area (Å²) in [5.74, 6) is -1.20. The molecule has 42 heavy (non-hydrogen) atoms. The first-order valence-electron chi connectivity index (χ1n) is 13.7. The van der Waals surface area contributed by atoms with Gasteiger partial charge in [-0.3, -0.25) is 19.8 Å². The highest BCUT2D eigenvalue weighted by Gasteiger charge is 2.48. The maximum absolute atomic E-state index is 13.6. The van der Waals surface area contributed by atoms with E-state index in [1.165, 1.54) is 24.3 Å². The van der Waals surface area contributed by atoms with Crippen molar-refractivity contribution in [2.24, 2.45) is 0 Å². The van der Waals surface area contributed by atoms with Crippen LogP contribution in [0.25, 0.3) is 0 Å². The van der Waals surface area contributed by atoms with E-state index in [0.29, 0.717) is 46.9 Å². The van der Waals surface area contributed by atoms with Crippen molar-refractivity contribution < 1.29 is 28.7 Å². The van der Waals surface area contributed by atoms with Gasteiger partial charge in [-0.1, -0.05) is 41.9 Å². The molecule has 1 saturated heterocycles. The fourth-order valence-electron chi connectivity index (χ4n) is 5.28. The van der Waals surface area contributed by atoms with Crippen LogP contribution in [-0.4, -0.2) is 59.9 Å². The van der Waals surface area contributed by atoms with Gasteiger partial charge in [0.25, 0.3) is 5.91 Å². The van der Waals surface area contributed by atoms with Crippen LogP contribution in [0, 0.1) is 0 Å². The van der Waals surface area contributed by atoms with Crippen molar-refractivity contribution in [3.63, 3.8) is 0 Å². The van der Waals surface area contributed by atoms with Gasteiger partial charge in [-0.05, 0) is 63.2 Å². The van der Waals surface area contributed by atoms with E-state index in [-0.39, 0.29) is 12.3 Å². The summed E-state index contributed by atoms with van der Waals surface area (Å²) in [7, 11) is 0. The van der Waals surface area contributed by atoms with Crippen LogP contribution in [0.2, 0.25) is 5.02 Å². The lowest BCUT2D eigenvalue weighted by atomic mass is 9.90. The Bertz CT molecular complexity index is 1520. The third-order valence-corrected chi connectivity index (χ3v) is 7.45. The molecule has 2 heterocycles. The Morgan fingerprint density at radius 1 is 1.02 bits per heavy atom. The molecule has 3 aromatic carbocycles. The van der Waals surface area contributed by atoms with E-state index >= 15 is 0 Å². The Balaban J connectivity index is 1.35. The van der Waals surface area contributed by atoms with E-state index in [2.05, 4.69) is 10.6 Å². The van der Waals surface area contributed by atoms with Gasteiger partial charge in [0.15, 0.2) is 11.4 Å². The Kier molecular flexibility index (Phi) is 8.08. The number of rotatable bonds is 7. The molecular formula is C32H32ClN3O6. The molecule has 10 heteroatoms. The predicted molar refractivity (Wildman–Crippen MR) is 158 cm³/mol. The maximum Gasteiger partial charge on any atom is 0.412 e. The van der Waals surface area contributed by atoms with Gasteiger partial charge in [0, 0.05) is 47.8 Å². The number of carbonyl (C=O) groups excluding carboxylic acids is 4. The number of benzene rings is 3. The summed E-state index contributed by atoms with van der Waals surface area (Å²) in [5.41, 5.74) is 0.911. The molecule has 0 radical (unpaired) electrons.